The minimum absolute atomic E-state index is 0.00278. The van der Waals surface area contributed by atoms with Crippen LogP contribution in [0, 0.1) is 6.92 Å². The standard InChI is InChI=1S/C29H38N4O2S/c1-7-12-23(17-27(34)30-36(8-2)20(3)4)33-25-15-10-9-14-24(25)32(29(33)35)19-22-18-31(6)26-16-11-13-21(5)28(22)26/h8-11,13-16,18,20,23H,7,12,17,19H2,1-6H3,(H,30,34). The summed E-state index contributed by atoms with van der Waals surface area (Å²) < 4.78 is 9.04. The topological polar surface area (TPSA) is 61.0 Å². The first kappa shape index (κ1) is 26.0. The number of para-hydroxylation sites is 2. The second kappa shape index (κ2) is 10.9. The Balaban J connectivity index is 1.77. The number of aromatic nitrogens is 3. The van der Waals surface area contributed by atoms with Crippen LogP contribution >= 0.6 is 10.7 Å². The molecule has 0 saturated heterocycles. The average Bonchev–Trinajstić information content (AvgIpc) is 3.31. The van der Waals surface area contributed by atoms with Gasteiger partial charge < -0.3 is 9.29 Å². The zero-order valence-electron chi connectivity index (χ0n) is 22.2. The van der Waals surface area contributed by atoms with Crippen LogP contribution in [0.3, 0.4) is 0 Å². The number of fused-ring (bicyclic) bond motifs is 2. The number of nitrogens with one attached hydrogen (secondary N) is 1. The predicted octanol–water partition coefficient (Wildman–Crippen LogP) is 5.91. The first-order chi connectivity index (χ1) is 17.3. The third kappa shape index (κ3) is 4.94. The highest BCUT2D eigenvalue weighted by atomic mass is 32.2. The molecule has 1 amide bonds. The molecule has 2 aromatic heterocycles. The van der Waals surface area contributed by atoms with E-state index >= 15 is 0 Å². The van der Waals surface area contributed by atoms with Gasteiger partial charge in [0.2, 0.25) is 5.91 Å². The molecular weight excluding hydrogens is 468 g/mol. The molecule has 0 saturated carbocycles. The van der Waals surface area contributed by atoms with Crippen molar-refractivity contribution in [1.82, 2.24) is 18.4 Å². The summed E-state index contributed by atoms with van der Waals surface area (Å²) in [5.41, 5.74) is 5.22. The van der Waals surface area contributed by atoms with E-state index in [0.717, 1.165) is 35.0 Å². The molecule has 2 aromatic carbocycles. The number of nitrogens with zero attached hydrogens (tertiary/aromatic N) is 3. The Hall–Kier alpha value is -3.06. The Morgan fingerprint density at radius 3 is 2.44 bits per heavy atom. The molecule has 192 valence electrons. The molecule has 36 heavy (non-hydrogen) atoms. The van der Waals surface area contributed by atoms with Crippen molar-refractivity contribution < 1.29 is 4.79 Å². The Morgan fingerprint density at radius 2 is 1.78 bits per heavy atom. The summed E-state index contributed by atoms with van der Waals surface area (Å²) in [4.78, 5) is 27.0. The molecule has 1 N–H and O–H groups in total. The predicted molar refractivity (Wildman–Crippen MR) is 154 cm³/mol. The largest absolute Gasteiger partial charge is 0.350 e. The summed E-state index contributed by atoms with van der Waals surface area (Å²) in [6.07, 6.45) is 4.07. The summed E-state index contributed by atoms with van der Waals surface area (Å²) in [6.45, 7) is 10.9. The molecule has 4 rings (SSSR count). The van der Waals surface area contributed by atoms with Crippen molar-refractivity contribution >= 4 is 43.9 Å². The average molecular weight is 507 g/mol. The second-order valence-corrected chi connectivity index (χ2v) is 12.2. The number of benzene rings is 2. The van der Waals surface area contributed by atoms with E-state index < -0.39 is 0 Å². The maximum atomic E-state index is 14.0. The number of carbonyl (C=O) groups excluding carboxylic acids is 1. The zero-order chi connectivity index (χ0) is 26.0. The molecule has 7 heteroatoms. The number of amides is 1. The van der Waals surface area contributed by atoms with Crippen LogP contribution in [0.15, 0.2) is 53.5 Å². The Morgan fingerprint density at radius 1 is 1.08 bits per heavy atom. The van der Waals surface area contributed by atoms with Gasteiger partial charge >= 0.3 is 5.69 Å². The minimum atomic E-state index is -0.277. The lowest BCUT2D eigenvalue weighted by atomic mass is 10.1. The lowest BCUT2D eigenvalue weighted by Gasteiger charge is -2.20. The van der Waals surface area contributed by atoms with Gasteiger partial charge in [-0.3, -0.25) is 13.9 Å². The fourth-order valence-corrected chi connectivity index (χ4v) is 6.50. The van der Waals surface area contributed by atoms with Crippen LogP contribution in [0.2, 0.25) is 0 Å². The number of rotatable bonds is 9. The van der Waals surface area contributed by atoms with Crippen molar-refractivity contribution in [3.63, 3.8) is 0 Å². The summed E-state index contributed by atoms with van der Waals surface area (Å²) in [6, 6.07) is 14.1. The van der Waals surface area contributed by atoms with Gasteiger partial charge in [0.1, 0.15) is 0 Å². The minimum Gasteiger partial charge on any atom is -0.350 e. The van der Waals surface area contributed by atoms with E-state index in [1.165, 1.54) is 10.9 Å². The normalized spacial score (nSPS) is 13.6. The quantitative estimate of drug-likeness (QED) is 0.287. The second-order valence-electron chi connectivity index (χ2n) is 9.79. The van der Waals surface area contributed by atoms with E-state index in [1.807, 2.05) is 47.4 Å². The van der Waals surface area contributed by atoms with E-state index in [0.29, 0.717) is 18.2 Å². The zero-order valence-corrected chi connectivity index (χ0v) is 23.1. The summed E-state index contributed by atoms with van der Waals surface area (Å²) in [5, 5.41) is 3.60. The van der Waals surface area contributed by atoms with Crippen molar-refractivity contribution in [2.75, 3.05) is 0 Å². The summed E-state index contributed by atoms with van der Waals surface area (Å²) in [5.74, 6) is -0.00278. The van der Waals surface area contributed by atoms with Gasteiger partial charge in [-0.1, -0.05) is 62.1 Å². The molecule has 0 aliphatic carbocycles. The molecule has 0 spiro atoms. The molecule has 2 unspecified atom stereocenters. The van der Waals surface area contributed by atoms with Gasteiger partial charge in [-0.15, -0.1) is 0 Å². The molecule has 4 aromatic rings. The number of aryl methyl sites for hydroxylation is 2. The van der Waals surface area contributed by atoms with Crippen LogP contribution in [0.5, 0.6) is 0 Å². The number of imidazole rings is 1. The summed E-state index contributed by atoms with van der Waals surface area (Å²) in [7, 11) is 1.77. The van der Waals surface area contributed by atoms with Crippen LogP contribution in [-0.4, -0.2) is 30.2 Å². The van der Waals surface area contributed by atoms with Crippen LogP contribution < -0.4 is 10.4 Å². The highest BCUT2D eigenvalue weighted by molar-refractivity contribution is 8.14. The molecule has 6 nitrogen and oxygen atoms in total. The first-order valence-electron chi connectivity index (χ1n) is 12.8. The number of hydrogen-bond donors (Lipinski definition) is 1. The molecule has 0 aliphatic heterocycles. The SMILES string of the molecule is C/C=S(/NC(=O)CC(CCC)n1c(=O)n(Cc2cn(C)c3cccc(C)c23)c2ccccc21)C(C)C. The van der Waals surface area contributed by atoms with Gasteiger partial charge in [0.25, 0.3) is 0 Å². The number of carbonyl (C=O) groups is 1. The fourth-order valence-electron chi connectivity index (χ4n) is 5.25. The van der Waals surface area contributed by atoms with Crippen molar-refractivity contribution in [2.24, 2.45) is 7.05 Å². The van der Waals surface area contributed by atoms with Crippen LogP contribution in [0.1, 0.15) is 64.1 Å². The maximum absolute atomic E-state index is 14.0. The molecule has 2 heterocycles. The van der Waals surface area contributed by atoms with Crippen molar-refractivity contribution in [1.29, 1.82) is 0 Å². The van der Waals surface area contributed by atoms with E-state index in [1.54, 1.807) is 0 Å². The van der Waals surface area contributed by atoms with Crippen LogP contribution in [0.4, 0.5) is 0 Å². The van der Waals surface area contributed by atoms with Gasteiger partial charge in [0.15, 0.2) is 0 Å². The molecule has 2 atom stereocenters. The fraction of sp³-hybridized carbons (Fsp3) is 0.414. The smallest absolute Gasteiger partial charge is 0.329 e. The lowest BCUT2D eigenvalue weighted by Crippen LogP contribution is -2.31. The Bertz CT molecular complexity index is 1490. The van der Waals surface area contributed by atoms with Crippen molar-refractivity contribution in [3.8, 4) is 0 Å². The number of hydrogen-bond acceptors (Lipinski definition) is 2. The van der Waals surface area contributed by atoms with E-state index in [-0.39, 0.29) is 28.3 Å². The maximum Gasteiger partial charge on any atom is 0.329 e. The Kier molecular flexibility index (Phi) is 7.88. The molecule has 0 radical (unpaired) electrons. The summed E-state index contributed by atoms with van der Waals surface area (Å²) >= 11 is 0. The van der Waals surface area contributed by atoms with Crippen molar-refractivity contribution in [3.05, 3.63) is 70.3 Å². The van der Waals surface area contributed by atoms with E-state index in [2.05, 4.69) is 66.7 Å². The first-order valence-corrected chi connectivity index (χ1v) is 14.2. The van der Waals surface area contributed by atoms with Gasteiger partial charge in [-0.25, -0.2) is 4.79 Å². The van der Waals surface area contributed by atoms with Gasteiger partial charge in [0, 0.05) is 41.9 Å². The highest BCUT2D eigenvalue weighted by Gasteiger charge is 2.23. The monoisotopic (exact) mass is 506 g/mol. The third-order valence-electron chi connectivity index (χ3n) is 6.90. The van der Waals surface area contributed by atoms with Crippen LogP contribution in [-0.2, 0) is 18.4 Å². The molecular formula is C29H38N4O2S. The van der Waals surface area contributed by atoms with E-state index in [4.69, 9.17) is 0 Å². The Labute approximate surface area is 216 Å². The van der Waals surface area contributed by atoms with Crippen LogP contribution in [0.25, 0.3) is 21.9 Å². The van der Waals surface area contributed by atoms with Gasteiger partial charge in [-0.2, -0.15) is 0 Å². The molecule has 0 bridgehead atoms. The van der Waals surface area contributed by atoms with Gasteiger partial charge in [0.05, 0.1) is 17.6 Å². The van der Waals surface area contributed by atoms with Gasteiger partial charge in [-0.05, 0) is 55.0 Å². The highest BCUT2D eigenvalue weighted by Crippen LogP contribution is 2.28. The molecule has 0 fully saturated rings. The lowest BCUT2D eigenvalue weighted by molar-refractivity contribution is -0.120. The van der Waals surface area contributed by atoms with E-state index in [9.17, 15) is 9.59 Å². The van der Waals surface area contributed by atoms with Crippen molar-refractivity contribution in [2.45, 2.75) is 71.7 Å². The third-order valence-corrected chi connectivity index (χ3v) is 8.89. The molecule has 0 aliphatic rings.